The molecule has 1 aromatic heterocycles. The minimum atomic E-state index is -4.47. The van der Waals surface area contributed by atoms with E-state index in [1.54, 1.807) is 35.0 Å². The van der Waals surface area contributed by atoms with Gasteiger partial charge in [-0.15, -0.1) is 0 Å². The van der Waals surface area contributed by atoms with Crippen LogP contribution in [0.15, 0.2) is 60.9 Å². The molecule has 0 aliphatic carbocycles. The lowest BCUT2D eigenvalue weighted by molar-refractivity contribution is -0.137. The van der Waals surface area contributed by atoms with E-state index in [4.69, 9.17) is 16.3 Å². The maximum atomic E-state index is 12.9. The molecule has 3 aromatic rings. The minimum Gasteiger partial charge on any atom is -0.373 e. The number of rotatable bonds is 5. The number of imidazole rings is 1. The zero-order valence-electron chi connectivity index (χ0n) is 14.2. The first-order valence-electron chi connectivity index (χ1n) is 7.93. The van der Waals surface area contributed by atoms with Gasteiger partial charge in [-0.05, 0) is 35.4 Å². The van der Waals surface area contributed by atoms with Crippen molar-refractivity contribution in [3.63, 3.8) is 0 Å². The van der Waals surface area contributed by atoms with Gasteiger partial charge < -0.3 is 14.4 Å². The first-order chi connectivity index (χ1) is 12.8. The van der Waals surface area contributed by atoms with Crippen molar-refractivity contribution >= 4 is 11.6 Å². The van der Waals surface area contributed by atoms with Gasteiger partial charge in [-0.2, -0.15) is 13.2 Å². The summed E-state index contributed by atoms with van der Waals surface area (Å²) in [5, 5.41) is 12.1. The number of benzene rings is 2. The molecule has 8 heteroatoms. The number of nitrogens with zero attached hydrogens (tertiary/aromatic N) is 2. The highest BCUT2D eigenvalue weighted by Crippen LogP contribution is 2.38. The summed E-state index contributed by atoms with van der Waals surface area (Å²) in [6.07, 6.45) is -1.37. The van der Waals surface area contributed by atoms with Crippen molar-refractivity contribution in [3.8, 4) is 0 Å². The summed E-state index contributed by atoms with van der Waals surface area (Å²) in [6, 6.07) is 10.7. The Kier molecular flexibility index (Phi) is 5.28. The second-order valence-electron chi connectivity index (χ2n) is 5.93. The fourth-order valence-corrected chi connectivity index (χ4v) is 3.02. The molecular formula is C19H16ClF3N2O2. The molecule has 1 N–H and O–H groups in total. The van der Waals surface area contributed by atoms with Crippen LogP contribution >= 0.6 is 11.6 Å². The van der Waals surface area contributed by atoms with E-state index in [1.807, 2.05) is 0 Å². The van der Waals surface area contributed by atoms with Crippen LogP contribution in [0, 0.1) is 0 Å². The number of aliphatic hydroxyl groups is 1. The number of hydrogen-bond donors (Lipinski definition) is 1. The van der Waals surface area contributed by atoms with Crippen LogP contribution in [-0.2, 0) is 23.2 Å². The molecule has 0 bridgehead atoms. The highest BCUT2D eigenvalue weighted by atomic mass is 35.5. The van der Waals surface area contributed by atoms with Gasteiger partial charge in [0.2, 0.25) is 0 Å². The van der Waals surface area contributed by atoms with Crippen molar-refractivity contribution in [3.05, 3.63) is 88.5 Å². The van der Waals surface area contributed by atoms with Crippen LogP contribution in [0.5, 0.6) is 0 Å². The van der Waals surface area contributed by atoms with Crippen molar-refractivity contribution in [1.82, 2.24) is 9.55 Å². The Labute approximate surface area is 158 Å². The topological polar surface area (TPSA) is 47.3 Å². The molecule has 0 fully saturated rings. The third kappa shape index (κ3) is 3.71. The summed E-state index contributed by atoms with van der Waals surface area (Å²) >= 11 is 5.94. The van der Waals surface area contributed by atoms with Gasteiger partial charge in [-0.25, -0.2) is 4.98 Å². The van der Waals surface area contributed by atoms with Crippen LogP contribution in [0.3, 0.4) is 0 Å². The highest BCUT2D eigenvalue weighted by molar-refractivity contribution is 6.30. The van der Waals surface area contributed by atoms with Crippen LogP contribution in [0.1, 0.15) is 22.5 Å². The van der Waals surface area contributed by atoms with E-state index in [0.717, 1.165) is 12.1 Å². The summed E-state index contributed by atoms with van der Waals surface area (Å²) in [7, 11) is 1.49. The fraction of sp³-hybridized carbons (Fsp3) is 0.211. The fourth-order valence-electron chi connectivity index (χ4n) is 2.89. The molecule has 142 valence electrons. The van der Waals surface area contributed by atoms with Crippen molar-refractivity contribution in [2.24, 2.45) is 0 Å². The monoisotopic (exact) mass is 396 g/mol. The predicted molar refractivity (Wildman–Crippen MR) is 94.2 cm³/mol. The van der Waals surface area contributed by atoms with E-state index in [1.165, 1.54) is 25.4 Å². The first kappa shape index (κ1) is 19.4. The maximum absolute atomic E-state index is 12.9. The van der Waals surface area contributed by atoms with Crippen LogP contribution in [0.4, 0.5) is 13.2 Å². The summed E-state index contributed by atoms with van der Waals surface area (Å²) in [5.74, 6) is 0.214. The minimum absolute atomic E-state index is 0.117. The van der Waals surface area contributed by atoms with Crippen LogP contribution < -0.4 is 0 Å². The molecule has 1 atom stereocenters. The largest absolute Gasteiger partial charge is 0.416 e. The Morgan fingerprint density at radius 2 is 1.52 bits per heavy atom. The number of alkyl halides is 3. The van der Waals surface area contributed by atoms with Crippen LogP contribution in [0.25, 0.3) is 0 Å². The Bertz CT molecular complexity index is 908. The lowest BCUT2D eigenvalue weighted by Gasteiger charge is -2.29. The van der Waals surface area contributed by atoms with Crippen LogP contribution in [-0.4, -0.2) is 21.8 Å². The van der Waals surface area contributed by atoms with Gasteiger partial charge in [0.15, 0.2) is 11.4 Å². The highest BCUT2D eigenvalue weighted by Gasteiger charge is 2.39. The third-order valence-electron chi connectivity index (χ3n) is 4.20. The zero-order chi connectivity index (χ0) is 19.7. The Balaban J connectivity index is 2.18. The number of halogens is 4. The van der Waals surface area contributed by atoms with Crippen molar-refractivity contribution in [2.75, 3.05) is 7.11 Å². The average molecular weight is 397 g/mol. The van der Waals surface area contributed by atoms with E-state index >= 15 is 0 Å². The molecule has 2 aromatic carbocycles. The second-order valence-corrected chi connectivity index (χ2v) is 6.37. The molecule has 0 saturated carbocycles. The van der Waals surface area contributed by atoms with E-state index in [9.17, 15) is 18.3 Å². The van der Waals surface area contributed by atoms with Gasteiger partial charge >= 0.3 is 6.18 Å². The van der Waals surface area contributed by atoms with Gasteiger partial charge in [0.05, 0.1) is 5.56 Å². The van der Waals surface area contributed by atoms with Gasteiger partial charge in [0.25, 0.3) is 0 Å². The number of ether oxygens (including phenoxy) is 1. The summed E-state index contributed by atoms with van der Waals surface area (Å²) in [5.41, 5.74) is -1.95. The molecule has 0 saturated heterocycles. The molecule has 27 heavy (non-hydrogen) atoms. The zero-order valence-corrected chi connectivity index (χ0v) is 15.0. The van der Waals surface area contributed by atoms with E-state index in [0.29, 0.717) is 10.6 Å². The van der Waals surface area contributed by atoms with Crippen molar-refractivity contribution in [1.29, 1.82) is 0 Å². The van der Waals surface area contributed by atoms with Crippen LogP contribution in [0.2, 0.25) is 5.02 Å². The number of hydrogen-bond acceptors (Lipinski definition) is 3. The molecule has 1 unspecified atom stereocenters. The summed E-state index contributed by atoms with van der Waals surface area (Å²) in [6.45, 7) is 0.117. The SMILES string of the molecule is COCn1ccnc1C(O)(c1ccc(Cl)cc1)c1ccc(C(F)(F)F)cc1. The standard InChI is InChI=1S/C19H16ClF3N2O2/c1-27-12-25-11-10-24-17(25)18(26,14-6-8-16(20)9-7-14)13-2-4-15(5-3-13)19(21,22)23/h2-11,26H,12H2,1H3. The van der Waals surface area contributed by atoms with Gasteiger partial charge in [-0.3, -0.25) is 0 Å². The van der Waals surface area contributed by atoms with Crippen molar-refractivity contribution < 1.29 is 23.0 Å². The maximum Gasteiger partial charge on any atom is 0.416 e. The molecule has 1 heterocycles. The average Bonchev–Trinajstić information content (AvgIpc) is 3.10. The van der Waals surface area contributed by atoms with E-state index < -0.39 is 17.3 Å². The van der Waals surface area contributed by atoms with Gasteiger partial charge in [-0.1, -0.05) is 35.9 Å². The molecule has 3 rings (SSSR count). The van der Waals surface area contributed by atoms with E-state index in [2.05, 4.69) is 4.98 Å². The quantitative estimate of drug-likeness (QED) is 0.693. The molecular weight excluding hydrogens is 381 g/mol. The normalized spacial score (nSPS) is 14.1. The number of methoxy groups -OCH3 is 1. The lowest BCUT2D eigenvalue weighted by atomic mass is 9.85. The third-order valence-corrected chi connectivity index (χ3v) is 4.45. The van der Waals surface area contributed by atoms with Gasteiger partial charge in [0.1, 0.15) is 6.73 Å². The lowest BCUT2D eigenvalue weighted by Crippen LogP contribution is -2.33. The first-order valence-corrected chi connectivity index (χ1v) is 8.31. The molecule has 0 aliphatic rings. The summed E-state index contributed by atoms with van der Waals surface area (Å²) in [4.78, 5) is 4.23. The molecule has 0 aliphatic heterocycles. The second kappa shape index (κ2) is 7.34. The van der Waals surface area contributed by atoms with E-state index in [-0.39, 0.29) is 18.1 Å². The Morgan fingerprint density at radius 3 is 2.04 bits per heavy atom. The van der Waals surface area contributed by atoms with Gasteiger partial charge in [0, 0.05) is 24.5 Å². The molecule has 0 amide bonds. The van der Waals surface area contributed by atoms with Crippen molar-refractivity contribution in [2.45, 2.75) is 18.5 Å². The predicted octanol–water partition coefficient (Wildman–Crippen LogP) is 4.44. The number of aromatic nitrogens is 2. The summed E-state index contributed by atoms with van der Waals surface area (Å²) < 4.78 is 45.4. The molecule has 0 radical (unpaired) electrons. The Morgan fingerprint density at radius 1 is 1.00 bits per heavy atom. The smallest absolute Gasteiger partial charge is 0.373 e. The molecule has 4 nitrogen and oxygen atoms in total. The molecule has 0 spiro atoms. The Hall–Kier alpha value is -2.35.